The van der Waals surface area contributed by atoms with Crippen LogP contribution in [0.5, 0.6) is 0 Å². The van der Waals surface area contributed by atoms with Crippen molar-refractivity contribution >= 4 is 27.8 Å². The van der Waals surface area contributed by atoms with E-state index in [0.29, 0.717) is 17.9 Å². The lowest BCUT2D eigenvalue weighted by Crippen LogP contribution is -2.26. The number of ketones is 1. The monoisotopic (exact) mass is 327 g/mol. The second-order valence-corrected chi connectivity index (χ2v) is 5.74. The van der Waals surface area contributed by atoms with Crippen molar-refractivity contribution in [1.82, 2.24) is 0 Å². The van der Waals surface area contributed by atoms with Gasteiger partial charge in [0.2, 0.25) is 0 Å². The molecular formula is C14H18BrNO3. The second kappa shape index (κ2) is 7.28. The molecule has 0 aliphatic heterocycles. The highest BCUT2D eigenvalue weighted by molar-refractivity contribution is 9.10. The first-order valence-corrected chi connectivity index (χ1v) is 6.91. The van der Waals surface area contributed by atoms with E-state index in [9.17, 15) is 9.59 Å². The number of rotatable bonds is 6. The number of amides is 1. The van der Waals surface area contributed by atoms with Gasteiger partial charge in [-0.1, -0.05) is 41.9 Å². The minimum Gasteiger partial charge on any atom is -0.449 e. The molecule has 1 atom stereocenters. The van der Waals surface area contributed by atoms with Crippen molar-refractivity contribution in [3.63, 3.8) is 0 Å². The molecule has 0 aliphatic carbocycles. The molecule has 1 aromatic rings. The molecule has 0 saturated carbocycles. The standard InChI is InChI=1S/C14H18BrNO3/c1-9(2)7-11(8-19-14(16)18)13(17)10-3-5-12(15)6-4-10/h3-6,9,11H,7-8H2,1-2H3,(H2,16,18)/t11-/m0/s1. The summed E-state index contributed by atoms with van der Waals surface area (Å²) in [7, 11) is 0. The minimum absolute atomic E-state index is 0.0255. The van der Waals surface area contributed by atoms with Crippen LogP contribution in [0.15, 0.2) is 28.7 Å². The number of hydrogen-bond acceptors (Lipinski definition) is 3. The van der Waals surface area contributed by atoms with Crippen LogP contribution in [-0.2, 0) is 4.74 Å². The molecule has 19 heavy (non-hydrogen) atoms. The molecule has 0 radical (unpaired) electrons. The molecule has 0 saturated heterocycles. The third-order valence-corrected chi connectivity index (χ3v) is 3.21. The Kier molecular flexibility index (Phi) is 6.02. The summed E-state index contributed by atoms with van der Waals surface area (Å²) in [4.78, 5) is 23.0. The van der Waals surface area contributed by atoms with Gasteiger partial charge in [0.05, 0.1) is 5.92 Å². The van der Waals surface area contributed by atoms with Crippen LogP contribution < -0.4 is 5.73 Å². The van der Waals surface area contributed by atoms with E-state index in [2.05, 4.69) is 15.9 Å². The van der Waals surface area contributed by atoms with E-state index in [-0.39, 0.29) is 18.3 Å². The van der Waals surface area contributed by atoms with Crippen LogP contribution in [-0.4, -0.2) is 18.5 Å². The van der Waals surface area contributed by atoms with Gasteiger partial charge >= 0.3 is 6.09 Å². The summed E-state index contributed by atoms with van der Waals surface area (Å²) in [6.07, 6.45) is -0.195. The maximum atomic E-state index is 12.4. The number of benzene rings is 1. The van der Waals surface area contributed by atoms with Crippen LogP contribution in [0.3, 0.4) is 0 Å². The molecule has 2 N–H and O–H groups in total. The molecule has 0 bridgehead atoms. The van der Waals surface area contributed by atoms with E-state index in [1.165, 1.54) is 0 Å². The van der Waals surface area contributed by atoms with Crippen LogP contribution in [0, 0.1) is 11.8 Å². The maximum Gasteiger partial charge on any atom is 0.404 e. The second-order valence-electron chi connectivity index (χ2n) is 4.83. The third-order valence-electron chi connectivity index (χ3n) is 2.68. The van der Waals surface area contributed by atoms with Gasteiger partial charge in [-0.25, -0.2) is 4.79 Å². The zero-order valence-electron chi connectivity index (χ0n) is 11.1. The smallest absolute Gasteiger partial charge is 0.404 e. The number of ether oxygens (including phenoxy) is 1. The fourth-order valence-corrected chi connectivity index (χ4v) is 2.12. The highest BCUT2D eigenvalue weighted by Gasteiger charge is 2.22. The summed E-state index contributed by atoms with van der Waals surface area (Å²) in [5.74, 6) is -0.0444. The van der Waals surface area contributed by atoms with Crippen molar-refractivity contribution < 1.29 is 14.3 Å². The third kappa shape index (κ3) is 5.42. The topological polar surface area (TPSA) is 69.4 Å². The number of carbonyl (C=O) groups is 2. The predicted octanol–water partition coefficient (Wildman–Crippen LogP) is 3.39. The first kappa shape index (κ1) is 15.7. The first-order chi connectivity index (χ1) is 8.90. The van der Waals surface area contributed by atoms with Gasteiger partial charge in [-0.15, -0.1) is 0 Å². The molecule has 0 aromatic heterocycles. The minimum atomic E-state index is -0.850. The van der Waals surface area contributed by atoms with Crippen molar-refractivity contribution in [3.8, 4) is 0 Å². The van der Waals surface area contributed by atoms with Crippen LogP contribution in [0.25, 0.3) is 0 Å². The number of primary amides is 1. The summed E-state index contributed by atoms with van der Waals surface area (Å²) in [6.45, 7) is 4.07. The highest BCUT2D eigenvalue weighted by Crippen LogP contribution is 2.19. The van der Waals surface area contributed by atoms with Crippen molar-refractivity contribution in [2.24, 2.45) is 17.6 Å². The molecule has 1 amide bonds. The summed E-state index contributed by atoms with van der Waals surface area (Å²) in [5, 5.41) is 0. The molecule has 4 nitrogen and oxygen atoms in total. The average Bonchev–Trinajstić information content (AvgIpc) is 2.34. The highest BCUT2D eigenvalue weighted by atomic mass is 79.9. The number of carbonyl (C=O) groups excluding carboxylic acids is 2. The van der Waals surface area contributed by atoms with Gasteiger partial charge < -0.3 is 10.5 Å². The summed E-state index contributed by atoms with van der Waals surface area (Å²) < 4.78 is 5.69. The summed E-state index contributed by atoms with van der Waals surface area (Å²) >= 11 is 3.32. The number of Topliss-reactive ketones (excluding diaryl/α,β-unsaturated/α-hetero) is 1. The predicted molar refractivity (Wildman–Crippen MR) is 77.0 cm³/mol. The molecule has 5 heteroatoms. The Morgan fingerprint density at radius 2 is 1.84 bits per heavy atom. The van der Waals surface area contributed by atoms with Gasteiger partial charge in [0, 0.05) is 10.0 Å². The Labute approximate surface area is 121 Å². The van der Waals surface area contributed by atoms with E-state index in [1.54, 1.807) is 12.1 Å². The molecule has 0 unspecified atom stereocenters. The maximum absolute atomic E-state index is 12.4. The molecule has 0 heterocycles. The van der Waals surface area contributed by atoms with Gasteiger partial charge in [-0.2, -0.15) is 0 Å². The van der Waals surface area contributed by atoms with Gasteiger partial charge in [-0.3, -0.25) is 4.79 Å². The van der Waals surface area contributed by atoms with Crippen molar-refractivity contribution in [1.29, 1.82) is 0 Å². The van der Waals surface area contributed by atoms with E-state index in [4.69, 9.17) is 10.5 Å². The van der Waals surface area contributed by atoms with E-state index >= 15 is 0 Å². The summed E-state index contributed by atoms with van der Waals surface area (Å²) in [5.41, 5.74) is 5.56. The molecular weight excluding hydrogens is 310 g/mol. The zero-order chi connectivity index (χ0) is 14.4. The first-order valence-electron chi connectivity index (χ1n) is 6.12. The Hall–Kier alpha value is -1.36. The molecule has 0 aliphatic rings. The zero-order valence-corrected chi connectivity index (χ0v) is 12.6. The van der Waals surface area contributed by atoms with Crippen molar-refractivity contribution in [2.75, 3.05) is 6.61 Å². The van der Waals surface area contributed by atoms with Crippen LogP contribution in [0.4, 0.5) is 4.79 Å². The Morgan fingerprint density at radius 3 is 2.32 bits per heavy atom. The lowest BCUT2D eigenvalue weighted by Gasteiger charge is -2.17. The molecule has 104 valence electrons. The fraction of sp³-hybridized carbons (Fsp3) is 0.429. The van der Waals surface area contributed by atoms with Gasteiger partial charge in [0.25, 0.3) is 0 Å². The molecule has 1 rings (SSSR count). The number of nitrogens with two attached hydrogens (primary N) is 1. The largest absolute Gasteiger partial charge is 0.449 e. The quantitative estimate of drug-likeness (QED) is 0.814. The number of hydrogen-bond donors (Lipinski definition) is 1. The Balaban J connectivity index is 2.80. The van der Waals surface area contributed by atoms with Crippen LogP contribution >= 0.6 is 15.9 Å². The van der Waals surface area contributed by atoms with Crippen LogP contribution in [0.2, 0.25) is 0 Å². The number of halogens is 1. The average molecular weight is 328 g/mol. The fourth-order valence-electron chi connectivity index (χ4n) is 1.85. The molecule has 0 spiro atoms. The normalized spacial score (nSPS) is 12.2. The SMILES string of the molecule is CC(C)C[C@@H](COC(N)=O)C(=O)c1ccc(Br)cc1. The lowest BCUT2D eigenvalue weighted by atomic mass is 9.90. The molecule has 1 aromatic carbocycles. The van der Waals surface area contributed by atoms with E-state index in [1.807, 2.05) is 26.0 Å². The Bertz CT molecular complexity index is 443. The Morgan fingerprint density at radius 1 is 1.26 bits per heavy atom. The van der Waals surface area contributed by atoms with Gasteiger partial charge in [0.15, 0.2) is 5.78 Å². The van der Waals surface area contributed by atoms with Crippen LogP contribution in [0.1, 0.15) is 30.6 Å². The van der Waals surface area contributed by atoms with E-state index in [0.717, 1.165) is 4.47 Å². The van der Waals surface area contributed by atoms with E-state index < -0.39 is 6.09 Å². The lowest BCUT2D eigenvalue weighted by molar-refractivity contribution is 0.0797. The van der Waals surface area contributed by atoms with Crippen molar-refractivity contribution in [2.45, 2.75) is 20.3 Å². The van der Waals surface area contributed by atoms with Gasteiger partial charge in [-0.05, 0) is 24.5 Å². The molecule has 0 fully saturated rings. The van der Waals surface area contributed by atoms with Gasteiger partial charge in [0.1, 0.15) is 6.61 Å². The van der Waals surface area contributed by atoms with Crippen molar-refractivity contribution in [3.05, 3.63) is 34.3 Å². The summed E-state index contributed by atoms with van der Waals surface area (Å²) in [6, 6.07) is 7.14.